The fraction of sp³-hybridized carbons (Fsp3) is 0.419. The minimum atomic E-state index is -1.21. The summed E-state index contributed by atoms with van der Waals surface area (Å²) >= 11 is 13.2. The van der Waals surface area contributed by atoms with E-state index in [4.69, 9.17) is 37.7 Å². The van der Waals surface area contributed by atoms with E-state index >= 15 is 4.39 Å². The molecule has 11 nitrogen and oxygen atoms in total. The zero-order valence-corrected chi connectivity index (χ0v) is 34.3. The average molecular weight is 816 g/mol. The lowest BCUT2D eigenvalue weighted by molar-refractivity contribution is 0.0289. The van der Waals surface area contributed by atoms with E-state index in [0.29, 0.717) is 76.8 Å². The number of likely N-dealkylation sites (tertiary alicyclic amines) is 2. The van der Waals surface area contributed by atoms with Gasteiger partial charge in [-0.25, -0.2) is 19.0 Å². The molecule has 3 aromatic heterocycles. The Morgan fingerprint density at radius 1 is 1.05 bits per heavy atom. The molecule has 2 aromatic carbocycles. The predicted octanol–water partition coefficient (Wildman–Crippen LogP) is 10.1. The number of nitriles is 1. The first-order chi connectivity index (χ1) is 27.0. The van der Waals surface area contributed by atoms with Crippen LogP contribution in [0.25, 0.3) is 44.2 Å². The topological polar surface area (TPSA) is 134 Å². The van der Waals surface area contributed by atoms with E-state index in [-0.39, 0.29) is 40.0 Å². The Bertz CT molecular complexity index is 2430. The van der Waals surface area contributed by atoms with Crippen LogP contribution in [0.2, 0.25) is 10.0 Å². The van der Waals surface area contributed by atoms with Crippen LogP contribution < -0.4 is 0 Å². The summed E-state index contributed by atoms with van der Waals surface area (Å²) in [6.07, 6.45) is 2.99. The van der Waals surface area contributed by atoms with Gasteiger partial charge in [0.25, 0.3) is 0 Å². The Hall–Kier alpha value is -4.96. The molecule has 2 atom stereocenters. The SMILES string of the molecule is COC(=O)N1CCCC1c1cc2c(-c3ccc(C(C)(C)O)nc3)nc3c(F)c(-c4cccc(Cl)c4Cl)c(CCC#N)cc3c2n1C1CCN(C(=O)OC(C)(C)C)C1. The van der Waals surface area contributed by atoms with Crippen LogP contribution in [0.1, 0.15) is 89.3 Å². The highest BCUT2D eigenvalue weighted by molar-refractivity contribution is 6.43. The summed E-state index contributed by atoms with van der Waals surface area (Å²) in [5.41, 5.74) is 2.17. The molecular weight excluding hydrogens is 770 g/mol. The quantitative estimate of drug-likeness (QED) is 0.172. The molecular formula is C43H45Cl2FN6O5. The number of fused-ring (bicyclic) bond motifs is 3. The van der Waals surface area contributed by atoms with Crippen molar-refractivity contribution in [2.75, 3.05) is 26.7 Å². The van der Waals surface area contributed by atoms with E-state index in [2.05, 4.69) is 15.6 Å². The van der Waals surface area contributed by atoms with E-state index in [9.17, 15) is 20.0 Å². The summed E-state index contributed by atoms with van der Waals surface area (Å²) in [6, 6.07) is 13.9. The second-order valence-electron chi connectivity index (χ2n) is 16.2. The Kier molecular flexibility index (Phi) is 10.9. The van der Waals surface area contributed by atoms with Crippen molar-refractivity contribution in [3.05, 3.63) is 81.5 Å². The van der Waals surface area contributed by atoms with E-state index in [1.807, 2.05) is 32.9 Å². The molecule has 5 heterocycles. The second kappa shape index (κ2) is 15.4. The number of rotatable bonds is 7. The zero-order chi connectivity index (χ0) is 41.0. The molecule has 2 aliphatic heterocycles. The van der Waals surface area contributed by atoms with Crippen molar-refractivity contribution in [2.45, 2.75) is 90.0 Å². The normalized spacial score (nSPS) is 17.4. The van der Waals surface area contributed by atoms with Gasteiger partial charge in [0, 0.05) is 65.4 Å². The molecule has 0 spiro atoms. The fourth-order valence-corrected chi connectivity index (χ4v) is 8.55. The van der Waals surface area contributed by atoms with E-state index in [1.54, 1.807) is 60.2 Å². The molecule has 1 N–H and O–H groups in total. The standard InChI is InChI=1S/C43H45Cl2FN6O5/c1-42(2,3)57-40(53)50-19-16-26(23-50)52-32(31-13-9-18-51(31)41(54)56-6)21-29-37(25-14-15-33(48-22-25)43(4,5)55)49-38-28(39(29)52)20-24(10-8-17-47)34(36(38)46)27-11-7-12-30(44)35(27)45/h7,11-12,14-15,20-22,26,31,55H,8-10,13,16,18-19,23H2,1-6H3. The molecule has 0 aliphatic carbocycles. The summed E-state index contributed by atoms with van der Waals surface area (Å²) in [7, 11) is 1.36. The smallest absolute Gasteiger partial charge is 0.410 e. The van der Waals surface area contributed by atoms with Crippen LogP contribution in [0.4, 0.5) is 14.0 Å². The van der Waals surface area contributed by atoms with Gasteiger partial charge in [-0.2, -0.15) is 5.26 Å². The molecule has 5 aromatic rings. The molecule has 57 heavy (non-hydrogen) atoms. The number of nitrogens with zero attached hydrogens (tertiary/aromatic N) is 6. The zero-order valence-electron chi connectivity index (χ0n) is 32.8. The first kappa shape index (κ1) is 40.2. The van der Waals surface area contributed by atoms with Crippen molar-refractivity contribution in [1.82, 2.24) is 24.3 Å². The van der Waals surface area contributed by atoms with Crippen molar-refractivity contribution < 1.29 is 28.6 Å². The minimum Gasteiger partial charge on any atom is -0.453 e. The first-order valence-electron chi connectivity index (χ1n) is 19.1. The lowest BCUT2D eigenvalue weighted by Crippen LogP contribution is -2.36. The van der Waals surface area contributed by atoms with Crippen LogP contribution in [-0.2, 0) is 21.5 Å². The molecule has 2 fully saturated rings. The largest absolute Gasteiger partial charge is 0.453 e. The number of carbonyl (C=O) groups excluding carboxylic acids is 2. The van der Waals surface area contributed by atoms with Crippen LogP contribution >= 0.6 is 23.2 Å². The molecule has 14 heteroatoms. The molecule has 298 valence electrons. The van der Waals surface area contributed by atoms with Crippen molar-refractivity contribution >= 4 is 57.2 Å². The lowest BCUT2D eigenvalue weighted by Gasteiger charge is -2.28. The van der Waals surface area contributed by atoms with E-state index in [0.717, 1.165) is 12.1 Å². The fourth-order valence-electron chi connectivity index (χ4n) is 8.15. The van der Waals surface area contributed by atoms with E-state index in [1.165, 1.54) is 7.11 Å². The van der Waals surface area contributed by atoms with Crippen molar-refractivity contribution in [3.8, 4) is 28.5 Å². The molecule has 2 saturated heterocycles. The van der Waals surface area contributed by atoms with Crippen molar-refractivity contribution in [1.29, 1.82) is 5.26 Å². The van der Waals surface area contributed by atoms with Gasteiger partial charge in [-0.1, -0.05) is 35.3 Å². The lowest BCUT2D eigenvalue weighted by atomic mass is 9.92. The summed E-state index contributed by atoms with van der Waals surface area (Å²) < 4.78 is 30.9. The third kappa shape index (κ3) is 7.61. The van der Waals surface area contributed by atoms with E-state index < -0.39 is 35.2 Å². The van der Waals surface area contributed by atoms with Gasteiger partial charge in [-0.3, -0.25) is 9.88 Å². The summed E-state index contributed by atoms with van der Waals surface area (Å²) in [6.45, 7) is 9.97. The number of aliphatic hydroxyl groups is 1. The summed E-state index contributed by atoms with van der Waals surface area (Å²) in [5, 5.41) is 22.0. The number of aryl methyl sites for hydroxylation is 1. The second-order valence-corrected chi connectivity index (χ2v) is 17.0. The highest BCUT2D eigenvalue weighted by Gasteiger charge is 2.39. The van der Waals surface area contributed by atoms with Crippen molar-refractivity contribution in [3.63, 3.8) is 0 Å². The maximum Gasteiger partial charge on any atom is 0.410 e. The third-order valence-electron chi connectivity index (χ3n) is 10.7. The number of methoxy groups -OCH3 is 1. The number of aromatic nitrogens is 3. The van der Waals surface area contributed by atoms with Gasteiger partial charge in [-0.05, 0) is 96.2 Å². The number of halogens is 3. The van der Waals surface area contributed by atoms with Crippen LogP contribution in [0.5, 0.6) is 0 Å². The number of ether oxygens (including phenoxy) is 2. The highest BCUT2D eigenvalue weighted by atomic mass is 35.5. The number of pyridine rings is 2. The maximum atomic E-state index is 17.7. The van der Waals surface area contributed by atoms with Gasteiger partial charge in [-0.15, -0.1) is 0 Å². The summed E-state index contributed by atoms with van der Waals surface area (Å²) in [4.78, 5) is 39.7. The molecule has 0 bridgehead atoms. The number of carbonyl (C=O) groups is 2. The molecule has 2 unspecified atom stereocenters. The third-order valence-corrected chi connectivity index (χ3v) is 11.5. The molecule has 0 saturated carbocycles. The number of hydrogen-bond donors (Lipinski definition) is 1. The van der Waals surface area contributed by atoms with Crippen LogP contribution in [0, 0.1) is 17.1 Å². The van der Waals surface area contributed by atoms with Gasteiger partial charge in [0.05, 0.1) is 52.2 Å². The molecule has 2 amide bonds. The monoisotopic (exact) mass is 814 g/mol. The van der Waals surface area contributed by atoms with Crippen LogP contribution in [-0.4, -0.2) is 74.0 Å². The Balaban J connectivity index is 1.58. The first-order valence-corrected chi connectivity index (χ1v) is 19.8. The number of amides is 2. The van der Waals surface area contributed by atoms with Gasteiger partial charge in [0.2, 0.25) is 0 Å². The highest BCUT2D eigenvalue weighted by Crippen LogP contribution is 2.47. The number of benzene rings is 2. The maximum absolute atomic E-state index is 17.7. The van der Waals surface area contributed by atoms with Crippen molar-refractivity contribution in [2.24, 2.45) is 0 Å². The average Bonchev–Trinajstić information content (AvgIpc) is 3.93. The Morgan fingerprint density at radius 3 is 2.49 bits per heavy atom. The minimum absolute atomic E-state index is 0.0555. The molecule has 2 aliphatic rings. The van der Waals surface area contributed by atoms with Gasteiger partial charge in [0.1, 0.15) is 16.7 Å². The molecule has 7 rings (SSSR count). The molecule has 0 radical (unpaired) electrons. The summed E-state index contributed by atoms with van der Waals surface area (Å²) in [5.74, 6) is -0.637. The van der Waals surface area contributed by atoms with Gasteiger partial charge < -0.3 is 24.0 Å². The van der Waals surface area contributed by atoms with Gasteiger partial charge >= 0.3 is 12.2 Å². The number of hydrogen-bond acceptors (Lipinski definition) is 8. The Labute approximate surface area is 340 Å². The Morgan fingerprint density at radius 2 is 1.82 bits per heavy atom. The van der Waals surface area contributed by atoms with Crippen LogP contribution in [0.15, 0.2) is 48.7 Å². The van der Waals surface area contributed by atoms with Crippen LogP contribution in [0.3, 0.4) is 0 Å². The predicted molar refractivity (Wildman–Crippen MR) is 218 cm³/mol. The van der Waals surface area contributed by atoms with Gasteiger partial charge in [0.15, 0.2) is 5.82 Å².